The Balaban J connectivity index is 1.71. The van der Waals surface area contributed by atoms with E-state index in [1.807, 2.05) is 77.1 Å². The molecule has 8 heteroatoms. The first-order chi connectivity index (χ1) is 18.6. The smallest absolute Gasteiger partial charge is 0.313 e. The molecule has 1 aromatic carbocycles. The molecule has 210 valence electrons. The summed E-state index contributed by atoms with van der Waals surface area (Å²) in [5.74, 6) is -3.08. The second kappa shape index (κ2) is 10.2. The summed E-state index contributed by atoms with van der Waals surface area (Å²) in [6.07, 6.45) is 9.67. The van der Waals surface area contributed by atoms with E-state index in [4.69, 9.17) is 9.47 Å². The van der Waals surface area contributed by atoms with E-state index in [0.717, 1.165) is 23.2 Å². The number of fused-ring (bicyclic) bond motifs is 2. The largest absolute Gasteiger partial charge is 0.465 e. The summed E-state index contributed by atoms with van der Waals surface area (Å²) in [5.41, 5.74) is 0.214. The molecule has 0 radical (unpaired) electrons. The molecule has 4 aliphatic heterocycles. The number of nitrogens with zero attached hydrogens (tertiary/aromatic N) is 2. The highest BCUT2D eigenvalue weighted by Gasteiger charge is 2.75. The predicted octanol–water partition coefficient (Wildman–Crippen LogP) is 3.48. The van der Waals surface area contributed by atoms with E-state index < -0.39 is 41.1 Å². The van der Waals surface area contributed by atoms with Crippen LogP contribution in [-0.2, 0) is 23.9 Å². The number of aliphatic hydroxyl groups is 1. The molecule has 1 unspecified atom stereocenters. The summed E-state index contributed by atoms with van der Waals surface area (Å²) in [6.45, 7) is 9.98. The second-order valence-corrected chi connectivity index (χ2v) is 11.7. The molecule has 1 aromatic rings. The van der Waals surface area contributed by atoms with E-state index in [0.29, 0.717) is 19.4 Å². The van der Waals surface area contributed by atoms with Crippen LogP contribution in [-0.4, -0.2) is 70.8 Å². The zero-order valence-electron chi connectivity index (χ0n) is 23.6. The van der Waals surface area contributed by atoms with Crippen molar-refractivity contribution in [2.24, 2.45) is 17.8 Å². The molecule has 0 bridgehead atoms. The van der Waals surface area contributed by atoms with Crippen molar-refractivity contribution in [1.82, 2.24) is 4.90 Å². The van der Waals surface area contributed by atoms with Crippen LogP contribution < -0.4 is 4.90 Å². The van der Waals surface area contributed by atoms with E-state index in [9.17, 15) is 19.5 Å². The molecule has 1 spiro atoms. The Morgan fingerprint density at radius 2 is 1.87 bits per heavy atom. The summed E-state index contributed by atoms with van der Waals surface area (Å²) in [7, 11) is 0. The summed E-state index contributed by atoms with van der Waals surface area (Å²) < 4.78 is 12.5. The number of benzene rings is 1. The zero-order valence-corrected chi connectivity index (χ0v) is 23.6. The van der Waals surface area contributed by atoms with Crippen LogP contribution in [0.2, 0.25) is 0 Å². The Morgan fingerprint density at radius 3 is 2.59 bits per heavy atom. The fraction of sp³-hybridized carbons (Fsp3) is 0.581. The van der Waals surface area contributed by atoms with Crippen molar-refractivity contribution in [2.75, 3.05) is 24.7 Å². The molecule has 0 saturated carbocycles. The number of likely N-dealkylation sites (tertiary alicyclic amines) is 1. The van der Waals surface area contributed by atoms with Crippen LogP contribution in [0.1, 0.15) is 51.2 Å². The molecular formula is C31H40N2O6. The van der Waals surface area contributed by atoms with E-state index in [1.54, 1.807) is 4.90 Å². The number of amides is 2. The second-order valence-electron chi connectivity index (χ2n) is 11.7. The SMILES string of the molecule is CC[C@H](C)[C@H](CO)N1C(=O)[C@@H]2[C@H]3C(=O)OCCC/C=C\[C@@]3(C)O[C@@]23C=CCN(c2cc(C)ccc2C)C(=O)C13. The van der Waals surface area contributed by atoms with Gasteiger partial charge in [-0.2, -0.15) is 0 Å². The molecule has 7 atom stereocenters. The van der Waals surface area contributed by atoms with Gasteiger partial charge >= 0.3 is 5.97 Å². The summed E-state index contributed by atoms with van der Waals surface area (Å²) >= 11 is 0. The molecule has 4 aliphatic rings. The number of anilines is 1. The van der Waals surface area contributed by atoms with Gasteiger partial charge in [0, 0.05) is 12.2 Å². The summed E-state index contributed by atoms with van der Waals surface area (Å²) in [4.78, 5) is 46.0. The molecular weight excluding hydrogens is 496 g/mol. The minimum absolute atomic E-state index is 0.0808. The number of aliphatic hydroxyl groups excluding tert-OH is 1. The Morgan fingerprint density at radius 1 is 1.10 bits per heavy atom. The number of aryl methyl sites for hydroxylation is 2. The van der Waals surface area contributed by atoms with E-state index in [-0.39, 0.29) is 30.9 Å². The number of cyclic esters (lactones) is 1. The van der Waals surface area contributed by atoms with Crippen molar-refractivity contribution in [1.29, 1.82) is 0 Å². The van der Waals surface area contributed by atoms with Crippen LogP contribution in [0.25, 0.3) is 0 Å². The van der Waals surface area contributed by atoms with Gasteiger partial charge < -0.3 is 24.4 Å². The molecule has 0 aromatic heterocycles. The first kappa shape index (κ1) is 27.6. The van der Waals surface area contributed by atoms with Gasteiger partial charge in [-0.15, -0.1) is 0 Å². The highest BCUT2D eigenvalue weighted by Crippen LogP contribution is 2.58. The van der Waals surface area contributed by atoms with Crippen LogP contribution in [0, 0.1) is 31.6 Å². The Kier molecular flexibility index (Phi) is 7.22. The molecule has 8 nitrogen and oxygen atoms in total. The van der Waals surface area contributed by atoms with Gasteiger partial charge in [0.2, 0.25) is 5.91 Å². The Hall–Kier alpha value is -2.97. The van der Waals surface area contributed by atoms with E-state index in [2.05, 4.69) is 0 Å². The van der Waals surface area contributed by atoms with Gasteiger partial charge in [-0.1, -0.05) is 56.7 Å². The molecule has 4 heterocycles. The first-order valence-electron chi connectivity index (χ1n) is 14.1. The third-order valence-electron chi connectivity index (χ3n) is 9.19. The normalized spacial score (nSPS) is 34.7. The lowest BCUT2D eigenvalue weighted by Crippen LogP contribution is -2.60. The third kappa shape index (κ3) is 4.23. The summed E-state index contributed by atoms with van der Waals surface area (Å²) in [5, 5.41) is 10.6. The van der Waals surface area contributed by atoms with Crippen molar-refractivity contribution in [3.05, 3.63) is 53.6 Å². The fourth-order valence-corrected chi connectivity index (χ4v) is 6.97. The lowest BCUT2D eigenvalue weighted by molar-refractivity contribution is -0.160. The van der Waals surface area contributed by atoms with Gasteiger partial charge in [-0.3, -0.25) is 14.4 Å². The van der Waals surface area contributed by atoms with Crippen LogP contribution in [0.4, 0.5) is 5.69 Å². The predicted molar refractivity (Wildman–Crippen MR) is 147 cm³/mol. The maximum Gasteiger partial charge on any atom is 0.313 e. The van der Waals surface area contributed by atoms with Crippen LogP contribution in [0.3, 0.4) is 0 Å². The van der Waals surface area contributed by atoms with Gasteiger partial charge in [0.1, 0.15) is 17.6 Å². The maximum absolute atomic E-state index is 14.7. The van der Waals surface area contributed by atoms with Crippen LogP contribution in [0.15, 0.2) is 42.5 Å². The molecule has 2 saturated heterocycles. The number of esters is 1. The average molecular weight is 537 g/mol. The van der Waals surface area contributed by atoms with Gasteiger partial charge in [0.25, 0.3) is 5.91 Å². The topological polar surface area (TPSA) is 96.4 Å². The number of ether oxygens (including phenoxy) is 2. The lowest BCUT2D eigenvalue weighted by Gasteiger charge is -2.41. The number of carbonyl (C=O) groups is 3. The number of hydrogen-bond donors (Lipinski definition) is 1. The van der Waals surface area contributed by atoms with Crippen LogP contribution >= 0.6 is 0 Å². The average Bonchev–Trinajstić information content (AvgIpc) is 3.25. The zero-order chi connectivity index (χ0) is 28.1. The van der Waals surface area contributed by atoms with Gasteiger partial charge in [-0.05, 0) is 56.7 Å². The van der Waals surface area contributed by atoms with Crippen molar-refractivity contribution in [2.45, 2.75) is 77.2 Å². The number of allylic oxidation sites excluding steroid dienone is 1. The molecule has 2 amide bonds. The number of hydrogen-bond acceptors (Lipinski definition) is 6. The molecule has 1 N–H and O–H groups in total. The molecule has 0 aliphatic carbocycles. The highest BCUT2D eigenvalue weighted by molar-refractivity contribution is 6.06. The third-order valence-corrected chi connectivity index (χ3v) is 9.19. The van der Waals surface area contributed by atoms with Crippen molar-refractivity contribution in [3.63, 3.8) is 0 Å². The van der Waals surface area contributed by atoms with Crippen molar-refractivity contribution < 1.29 is 29.0 Å². The van der Waals surface area contributed by atoms with Crippen molar-refractivity contribution >= 4 is 23.5 Å². The quantitative estimate of drug-likeness (QED) is 0.457. The fourth-order valence-electron chi connectivity index (χ4n) is 6.97. The molecule has 2 fully saturated rings. The highest BCUT2D eigenvalue weighted by atomic mass is 16.6. The standard InChI is InChI=1S/C31H40N2O6/c1-6-20(3)23(18-34)33-26-28(36)32(22-17-19(2)11-12-21(22)4)15-10-14-31(26)24(27(33)35)25-29(37)38-16-9-7-8-13-30(25,5)39-31/h8,10-14,17,20,23-26,34H,6-7,9,15-16,18H2,1-5H3/b13-8-/t20-,23-,24-,25-,26?,30+,31-/m0/s1. The van der Waals surface area contributed by atoms with Gasteiger partial charge in [0.05, 0.1) is 30.8 Å². The minimum Gasteiger partial charge on any atom is -0.465 e. The van der Waals surface area contributed by atoms with Crippen molar-refractivity contribution in [3.8, 4) is 0 Å². The minimum atomic E-state index is -1.39. The van der Waals surface area contributed by atoms with E-state index in [1.165, 1.54) is 4.90 Å². The number of carbonyl (C=O) groups excluding carboxylic acids is 3. The van der Waals surface area contributed by atoms with E-state index >= 15 is 0 Å². The molecule has 5 rings (SSSR count). The monoisotopic (exact) mass is 536 g/mol. The lowest BCUT2D eigenvalue weighted by atomic mass is 9.74. The molecule has 39 heavy (non-hydrogen) atoms. The maximum atomic E-state index is 14.7. The van der Waals surface area contributed by atoms with Crippen LogP contribution in [0.5, 0.6) is 0 Å². The van der Waals surface area contributed by atoms with Gasteiger partial charge in [0.15, 0.2) is 0 Å². The number of rotatable bonds is 5. The Bertz CT molecular complexity index is 1230. The van der Waals surface area contributed by atoms with Gasteiger partial charge in [-0.25, -0.2) is 0 Å². The summed E-state index contributed by atoms with van der Waals surface area (Å²) in [6, 6.07) is 4.31. The Labute approximate surface area is 230 Å². The first-order valence-corrected chi connectivity index (χ1v) is 14.1.